The minimum absolute atomic E-state index is 0.216. The van der Waals surface area contributed by atoms with E-state index in [1.165, 1.54) is 24.0 Å². The van der Waals surface area contributed by atoms with E-state index in [0.717, 1.165) is 23.3 Å². The van der Waals surface area contributed by atoms with Gasteiger partial charge < -0.3 is 15.5 Å². The molecule has 0 aromatic heterocycles. The van der Waals surface area contributed by atoms with E-state index >= 15 is 0 Å². The van der Waals surface area contributed by atoms with E-state index in [2.05, 4.69) is 15.6 Å². The van der Waals surface area contributed by atoms with Gasteiger partial charge in [0.05, 0.1) is 23.4 Å². The average molecular weight is 523 g/mol. The molecule has 0 fully saturated rings. The minimum atomic E-state index is -4.47. The van der Waals surface area contributed by atoms with Crippen LogP contribution in [0.1, 0.15) is 29.2 Å². The van der Waals surface area contributed by atoms with Gasteiger partial charge in [-0.25, -0.2) is 4.99 Å². The summed E-state index contributed by atoms with van der Waals surface area (Å²) in [4.78, 5) is 44.7. The number of amides is 3. The van der Waals surface area contributed by atoms with Gasteiger partial charge in [-0.15, -0.1) is 0 Å². The Kier molecular flexibility index (Phi) is 7.61. The molecule has 0 aliphatic carbocycles. The number of likely N-dealkylation sites (N-methyl/N-ethyl adjacent to an activating group) is 1. The lowest BCUT2D eigenvalue weighted by atomic mass is 10.0. The molecule has 0 saturated carbocycles. The Morgan fingerprint density at radius 2 is 1.61 bits per heavy atom. The maximum Gasteiger partial charge on any atom is 0.416 e. The first-order chi connectivity index (χ1) is 18.0. The number of nitrogens with zero attached hydrogens (tertiary/aromatic N) is 2. The Labute approximate surface area is 217 Å². The van der Waals surface area contributed by atoms with E-state index in [0.29, 0.717) is 17.0 Å². The summed E-state index contributed by atoms with van der Waals surface area (Å²) in [6.45, 7) is 1.45. The van der Waals surface area contributed by atoms with Crippen molar-refractivity contribution in [1.29, 1.82) is 0 Å². The second-order valence-corrected chi connectivity index (χ2v) is 8.83. The highest BCUT2D eigenvalue weighted by Gasteiger charge is 2.32. The van der Waals surface area contributed by atoms with Crippen molar-refractivity contribution in [1.82, 2.24) is 10.6 Å². The third-order valence-electron chi connectivity index (χ3n) is 6.09. The monoisotopic (exact) mass is 522 g/mol. The molecule has 0 bridgehead atoms. The number of anilines is 1. The van der Waals surface area contributed by atoms with Crippen molar-refractivity contribution in [2.75, 3.05) is 11.9 Å². The number of alkyl halides is 3. The van der Waals surface area contributed by atoms with Gasteiger partial charge in [-0.1, -0.05) is 60.7 Å². The molecule has 2 N–H and O–H groups in total. The zero-order valence-corrected chi connectivity index (χ0v) is 20.6. The SMILES string of the molecule is C[C@H](NC(=O)Cc1ccc(C(F)(F)F)cc1)C(=O)N[C@H]1N=C(c2ccccc2)c2ccccc2N(C)C1=O. The molecule has 38 heavy (non-hydrogen) atoms. The van der Waals surface area contributed by atoms with Gasteiger partial charge in [-0.05, 0) is 30.7 Å². The zero-order valence-electron chi connectivity index (χ0n) is 20.6. The van der Waals surface area contributed by atoms with Crippen molar-refractivity contribution < 1.29 is 27.6 Å². The number of nitrogens with one attached hydrogen (secondary N) is 2. The summed E-state index contributed by atoms with van der Waals surface area (Å²) in [6.07, 6.45) is -5.93. The second kappa shape index (κ2) is 10.9. The van der Waals surface area contributed by atoms with E-state index in [-0.39, 0.29) is 6.42 Å². The molecule has 196 valence electrons. The third-order valence-corrected chi connectivity index (χ3v) is 6.09. The molecule has 0 saturated heterocycles. The van der Waals surface area contributed by atoms with Crippen LogP contribution in [0.25, 0.3) is 0 Å². The molecule has 2 atom stereocenters. The summed E-state index contributed by atoms with van der Waals surface area (Å²) < 4.78 is 38.3. The quantitative estimate of drug-likeness (QED) is 0.517. The normalized spacial score (nSPS) is 16.1. The topological polar surface area (TPSA) is 90.9 Å². The Morgan fingerprint density at radius 3 is 2.26 bits per heavy atom. The zero-order chi connectivity index (χ0) is 27.4. The van der Waals surface area contributed by atoms with Crippen molar-refractivity contribution in [3.8, 4) is 0 Å². The molecule has 4 rings (SSSR count). The highest BCUT2D eigenvalue weighted by Crippen LogP contribution is 2.29. The molecule has 0 spiro atoms. The maximum absolute atomic E-state index is 13.2. The Hall–Kier alpha value is -4.47. The largest absolute Gasteiger partial charge is 0.416 e. The molecule has 1 aliphatic rings. The van der Waals surface area contributed by atoms with E-state index < -0.39 is 41.7 Å². The van der Waals surface area contributed by atoms with Gasteiger partial charge in [0.1, 0.15) is 6.04 Å². The first-order valence-electron chi connectivity index (χ1n) is 11.8. The Bertz CT molecular complexity index is 1370. The molecule has 0 radical (unpaired) electrons. The number of carbonyl (C=O) groups excluding carboxylic acids is 3. The lowest BCUT2D eigenvalue weighted by Crippen LogP contribution is -2.52. The summed E-state index contributed by atoms with van der Waals surface area (Å²) in [5, 5.41) is 5.13. The van der Waals surface area contributed by atoms with Gasteiger partial charge in [-0.3, -0.25) is 14.4 Å². The lowest BCUT2D eigenvalue weighted by molar-refractivity contribution is -0.137. The van der Waals surface area contributed by atoms with E-state index in [4.69, 9.17) is 0 Å². The summed E-state index contributed by atoms with van der Waals surface area (Å²) in [7, 11) is 1.60. The van der Waals surface area contributed by atoms with Crippen LogP contribution in [0, 0.1) is 0 Å². The number of carbonyl (C=O) groups is 3. The molecule has 1 aliphatic heterocycles. The number of benzodiazepines with no additional fused rings is 1. The predicted molar refractivity (Wildman–Crippen MR) is 137 cm³/mol. The minimum Gasteiger partial charge on any atom is -0.344 e. The number of rotatable bonds is 6. The smallest absolute Gasteiger partial charge is 0.344 e. The number of halogens is 3. The number of benzene rings is 3. The molecule has 7 nitrogen and oxygen atoms in total. The van der Waals surface area contributed by atoms with Crippen LogP contribution in [0.4, 0.5) is 18.9 Å². The average Bonchev–Trinajstić information content (AvgIpc) is 2.99. The third kappa shape index (κ3) is 5.91. The van der Waals surface area contributed by atoms with Crippen LogP contribution in [0.15, 0.2) is 83.9 Å². The molecule has 10 heteroatoms. The van der Waals surface area contributed by atoms with Gasteiger partial charge in [0.15, 0.2) is 0 Å². The van der Waals surface area contributed by atoms with Gasteiger partial charge in [-0.2, -0.15) is 13.2 Å². The molecule has 3 aromatic rings. The lowest BCUT2D eigenvalue weighted by Gasteiger charge is -2.22. The predicted octanol–water partition coefficient (Wildman–Crippen LogP) is 3.71. The highest BCUT2D eigenvalue weighted by molar-refractivity contribution is 6.20. The van der Waals surface area contributed by atoms with Gasteiger partial charge in [0, 0.05) is 18.2 Å². The number of hydrogen-bond acceptors (Lipinski definition) is 4. The summed E-state index contributed by atoms with van der Waals surface area (Å²) >= 11 is 0. The van der Waals surface area contributed by atoms with E-state index in [1.54, 1.807) is 19.2 Å². The number of hydrogen-bond donors (Lipinski definition) is 2. The Morgan fingerprint density at radius 1 is 0.974 bits per heavy atom. The first kappa shape index (κ1) is 26.6. The van der Waals surface area contributed by atoms with Gasteiger partial charge in [0.25, 0.3) is 5.91 Å². The number of fused-ring (bicyclic) bond motifs is 1. The van der Waals surface area contributed by atoms with E-state index in [9.17, 15) is 27.6 Å². The van der Waals surface area contributed by atoms with Crippen LogP contribution < -0.4 is 15.5 Å². The summed E-state index contributed by atoms with van der Waals surface area (Å²) in [5.74, 6) is -1.66. The van der Waals surface area contributed by atoms with Crippen LogP contribution in [-0.4, -0.2) is 42.7 Å². The van der Waals surface area contributed by atoms with Crippen molar-refractivity contribution in [2.24, 2.45) is 4.99 Å². The van der Waals surface area contributed by atoms with Crippen LogP contribution in [0.2, 0.25) is 0 Å². The fourth-order valence-corrected chi connectivity index (χ4v) is 4.06. The van der Waals surface area contributed by atoms with Crippen molar-refractivity contribution in [3.63, 3.8) is 0 Å². The molecule has 0 unspecified atom stereocenters. The standard InChI is InChI=1S/C28H25F3N4O3/c1-17(32-23(36)16-18-12-14-20(15-13-18)28(29,30)31)26(37)34-25-27(38)35(2)22-11-7-6-10-21(22)24(33-25)19-8-4-3-5-9-19/h3-15,17,25H,16H2,1-2H3,(H,32,36)(H,34,37)/t17-,25+/m0/s1. The molecular weight excluding hydrogens is 497 g/mol. The first-order valence-corrected chi connectivity index (χ1v) is 11.8. The highest BCUT2D eigenvalue weighted by atomic mass is 19.4. The molecule has 3 amide bonds. The Balaban J connectivity index is 1.48. The van der Waals surface area contributed by atoms with Gasteiger partial charge in [0.2, 0.25) is 18.0 Å². The second-order valence-electron chi connectivity index (χ2n) is 8.83. The summed E-state index contributed by atoms with van der Waals surface area (Å²) in [6, 6.07) is 19.7. The van der Waals surface area contributed by atoms with Crippen LogP contribution in [-0.2, 0) is 27.0 Å². The van der Waals surface area contributed by atoms with Crippen LogP contribution >= 0.6 is 0 Å². The molecular formula is C28H25F3N4O3. The van der Waals surface area contributed by atoms with Crippen molar-refractivity contribution in [2.45, 2.75) is 31.7 Å². The van der Waals surface area contributed by atoms with Crippen molar-refractivity contribution >= 4 is 29.1 Å². The molecule has 3 aromatic carbocycles. The maximum atomic E-state index is 13.2. The van der Waals surface area contributed by atoms with E-state index in [1.807, 2.05) is 42.5 Å². The van der Waals surface area contributed by atoms with Crippen LogP contribution in [0.3, 0.4) is 0 Å². The number of para-hydroxylation sites is 1. The van der Waals surface area contributed by atoms with Crippen molar-refractivity contribution in [3.05, 3.63) is 101 Å². The van der Waals surface area contributed by atoms with Crippen LogP contribution in [0.5, 0.6) is 0 Å². The summed E-state index contributed by atoms with van der Waals surface area (Å²) in [5.41, 5.74) is 2.20. The fourth-order valence-electron chi connectivity index (χ4n) is 4.06. The number of aliphatic imine (C=N–C) groups is 1. The fraction of sp³-hybridized carbons (Fsp3) is 0.214. The van der Waals surface area contributed by atoms with Gasteiger partial charge >= 0.3 is 6.18 Å². The molecule has 1 heterocycles.